The Morgan fingerprint density at radius 1 is 1.26 bits per heavy atom. The van der Waals surface area contributed by atoms with Crippen molar-refractivity contribution in [1.82, 2.24) is 15.2 Å². The van der Waals surface area contributed by atoms with Gasteiger partial charge in [0.05, 0.1) is 5.69 Å². The second-order valence-electron chi connectivity index (χ2n) is 7.27. The normalized spacial score (nSPS) is 17.9. The highest BCUT2D eigenvalue weighted by atomic mass is 32.1. The second-order valence-corrected chi connectivity index (χ2v) is 8.35. The number of hydrogen-bond acceptors (Lipinski definition) is 4. The lowest BCUT2D eigenvalue weighted by Crippen LogP contribution is -2.36. The van der Waals surface area contributed by atoms with Gasteiger partial charge in [-0.2, -0.15) is 0 Å². The van der Waals surface area contributed by atoms with Gasteiger partial charge in [0.15, 0.2) is 5.13 Å². The summed E-state index contributed by atoms with van der Waals surface area (Å²) in [6.45, 7) is 2.83. The van der Waals surface area contributed by atoms with Crippen LogP contribution in [-0.2, 0) is 13.0 Å². The fourth-order valence-electron chi connectivity index (χ4n) is 3.75. The molecule has 1 aromatic heterocycles. The molecule has 4 rings (SSSR count). The number of hydrogen-bond donors (Lipinski definition) is 2. The molecule has 5 nitrogen and oxygen atoms in total. The van der Waals surface area contributed by atoms with Crippen molar-refractivity contribution in [3.05, 3.63) is 52.5 Å². The van der Waals surface area contributed by atoms with Crippen molar-refractivity contribution in [3.8, 4) is 0 Å². The molecule has 6 heteroatoms. The molecule has 2 aliphatic rings. The molecular weight excluding hydrogens is 356 g/mol. The van der Waals surface area contributed by atoms with E-state index in [9.17, 15) is 4.79 Å². The predicted molar refractivity (Wildman–Crippen MR) is 111 cm³/mol. The number of carbonyl (C=O) groups is 1. The third kappa shape index (κ3) is 4.96. The van der Waals surface area contributed by atoms with Crippen LogP contribution in [0.25, 0.3) is 6.08 Å². The topological polar surface area (TPSA) is 57.3 Å². The third-order valence-electron chi connectivity index (χ3n) is 5.19. The highest BCUT2D eigenvalue weighted by Gasteiger charge is 2.22. The average Bonchev–Trinajstić information content (AvgIpc) is 3.31. The molecule has 2 aromatic rings. The molecule has 142 valence electrons. The van der Waals surface area contributed by atoms with Crippen LogP contribution in [0.5, 0.6) is 0 Å². The number of anilines is 1. The van der Waals surface area contributed by atoms with E-state index >= 15 is 0 Å². The smallest absolute Gasteiger partial charge is 0.321 e. The second kappa shape index (κ2) is 8.67. The number of rotatable bonds is 5. The first kappa shape index (κ1) is 18.2. The molecule has 0 unspecified atom stereocenters. The van der Waals surface area contributed by atoms with Gasteiger partial charge >= 0.3 is 6.03 Å². The summed E-state index contributed by atoms with van der Waals surface area (Å²) in [7, 11) is 0. The number of carbonyl (C=O) groups excluding carboxylic acids is 1. The van der Waals surface area contributed by atoms with Crippen LogP contribution in [0.15, 0.2) is 36.4 Å². The summed E-state index contributed by atoms with van der Waals surface area (Å²) in [5, 5.41) is 6.71. The van der Waals surface area contributed by atoms with Gasteiger partial charge in [-0.3, -0.25) is 10.2 Å². The molecule has 2 heterocycles. The van der Waals surface area contributed by atoms with Crippen LogP contribution in [-0.4, -0.2) is 35.0 Å². The summed E-state index contributed by atoms with van der Waals surface area (Å²) < 4.78 is 0. The average molecular weight is 383 g/mol. The van der Waals surface area contributed by atoms with Gasteiger partial charge in [-0.05, 0) is 18.4 Å². The molecule has 0 saturated heterocycles. The maximum Gasteiger partial charge on any atom is 0.321 e. The summed E-state index contributed by atoms with van der Waals surface area (Å²) in [4.78, 5) is 20.5. The van der Waals surface area contributed by atoms with Crippen LogP contribution in [0, 0.1) is 0 Å². The predicted octanol–water partition coefficient (Wildman–Crippen LogP) is 4.28. The summed E-state index contributed by atoms with van der Waals surface area (Å²) in [5.74, 6) is 0. The van der Waals surface area contributed by atoms with Crippen molar-refractivity contribution in [3.63, 3.8) is 0 Å². The number of amides is 2. The van der Waals surface area contributed by atoms with E-state index in [1.54, 1.807) is 11.3 Å². The Balaban J connectivity index is 1.29. The molecule has 0 spiro atoms. The Kier molecular flexibility index (Phi) is 5.84. The van der Waals surface area contributed by atoms with Crippen molar-refractivity contribution < 1.29 is 4.79 Å². The Hall–Kier alpha value is -2.18. The van der Waals surface area contributed by atoms with E-state index in [1.165, 1.54) is 23.3 Å². The maximum atomic E-state index is 12.1. The molecule has 1 aliphatic heterocycles. The first-order valence-electron chi connectivity index (χ1n) is 9.76. The zero-order valence-electron chi connectivity index (χ0n) is 15.5. The van der Waals surface area contributed by atoms with Gasteiger partial charge in [0.1, 0.15) is 0 Å². The lowest BCUT2D eigenvalue weighted by molar-refractivity contribution is 0.248. The van der Waals surface area contributed by atoms with E-state index in [0.717, 1.165) is 49.7 Å². The van der Waals surface area contributed by atoms with Gasteiger partial charge < -0.3 is 5.32 Å². The van der Waals surface area contributed by atoms with E-state index in [-0.39, 0.29) is 6.03 Å². The van der Waals surface area contributed by atoms with Crippen molar-refractivity contribution in [2.45, 2.75) is 44.7 Å². The fraction of sp³-hybridized carbons (Fsp3) is 0.429. The van der Waals surface area contributed by atoms with Gasteiger partial charge in [-0.25, -0.2) is 9.78 Å². The number of urea groups is 1. The molecule has 27 heavy (non-hydrogen) atoms. The van der Waals surface area contributed by atoms with Gasteiger partial charge in [0, 0.05) is 37.0 Å². The lowest BCUT2D eigenvalue weighted by Gasteiger charge is -2.24. The van der Waals surface area contributed by atoms with E-state index < -0.39 is 0 Å². The van der Waals surface area contributed by atoms with Gasteiger partial charge in [-0.1, -0.05) is 55.3 Å². The number of thiazole rings is 1. The maximum absolute atomic E-state index is 12.1. The monoisotopic (exact) mass is 382 g/mol. The zero-order valence-corrected chi connectivity index (χ0v) is 16.3. The summed E-state index contributed by atoms with van der Waals surface area (Å²) >= 11 is 1.61. The van der Waals surface area contributed by atoms with Crippen molar-refractivity contribution in [2.24, 2.45) is 0 Å². The molecule has 1 saturated carbocycles. The molecule has 1 aromatic carbocycles. The Morgan fingerprint density at radius 2 is 2.07 bits per heavy atom. The number of nitrogens with one attached hydrogen (secondary N) is 2. The molecule has 1 fully saturated rings. The van der Waals surface area contributed by atoms with Crippen LogP contribution in [0.1, 0.15) is 41.8 Å². The molecule has 1 aliphatic carbocycles. The van der Waals surface area contributed by atoms with Crippen LogP contribution in [0.3, 0.4) is 0 Å². The minimum atomic E-state index is -0.115. The number of aromatic nitrogens is 1. The first-order chi connectivity index (χ1) is 13.3. The van der Waals surface area contributed by atoms with Crippen LogP contribution in [0.2, 0.25) is 0 Å². The quantitative estimate of drug-likeness (QED) is 0.811. The number of nitrogens with zero attached hydrogens (tertiary/aromatic N) is 2. The Labute approximate surface area is 164 Å². The minimum absolute atomic E-state index is 0.115. The van der Waals surface area contributed by atoms with Crippen molar-refractivity contribution in [2.75, 3.05) is 18.4 Å². The van der Waals surface area contributed by atoms with Gasteiger partial charge in [-0.15, -0.1) is 11.3 Å². The van der Waals surface area contributed by atoms with Gasteiger partial charge in [0.2, 0.25) is 0 Å². The van der Waals surface area contributed by atoms with E-state index in [0.29, 0.717) is 6.04 Å². The number of benzene rings is 1. The van der Waals surface area contributed by atoms with Crippen LogP contribution >= 0.6 is 11.3 Å². The first-order valence-corrected chi connectivity index (χ1v) is 10.6. The van der Waals surface area contributed by atoms with Crippen molar-refractivity contribution >= 4 is 28.6 Å². The minimum Gasteiger partial charge on any atom is -0.335 e. The van der Waals surface area contributed by atoms with Crippen LogP contribution < -0.4 is 10.6 Å². The molecular formula is C21H26N4OS. The standard InChI is InChI=1S/C21H26N4OS/c26-20(22-17-10-4-5-11-17)24-21-23-18-12-14-25(15-19(18)27-21)13-6-9-16-7-2-1-3-8-16/h1-3,6-9,17H,4-5,10-15H2,(H2,22,23,24,26)/b9-6+. The van der Waals surface area contributed by atoms with E-state index in [2.05, 4.69) is 56.9 Å². The van der Waals surface area contributed by atoms with Gasteiger partial charge in [0.25, 0.3) is 0 Å². The highest BCUT2D eigenvalue weighted by molar-refractivity contribution is 7.15. The fourth-order valence-corrected chi connectivity index (χ4v) is 4.79. The summed E-state index contributed by atoms with van der Waals surface area (Å²) in [6.07, 6.45) is 9.94. The third-order valence-corrected chi connectivity index (χ3v) is 6.19. The summed E-state index contributed by atoms with van der Waals surface area (Å²) in [5.41, 5.74) is 2.37. The van der Waals surface area contributed by atoms with Crippen LogP contribution in [0.4, 0.5) is 9.93 Å². The molecule has 0 radical (unpaired) electrons. The molecule has 0 atom stereocenters. The largest absolute Gasteiger partial charge is 0.335 e. The Morgan fingerprint density at radius 3 is 2.89 bits per heavy atom. The highest BCUT2D eigenvalue weighted by Crippen LogP contribution is 2.28. The SMILES string of the molecule is O=C(Nc1nc2c(s1)CN(C/C=C/c1ccccc1)CC2)NC1CCCC1. The molecule has 0 bridgehead atoms. The molecule has 2 N–H and O–H groups in total. The Bertz CT molecular complexity index is 796. The van der Waals surface area contributed by atoms with E-state index in [1.807, 2.05) is 6.07 Å². The lowest BCUT2D eigenvalue weighted by atomic mass is 10.1. The van der Waals surface area contributed by atoms with Crippen molar-refractivity contribution in [1.29, 1.82) is 0 Å². The zero-order chi connectivity index (χ0) is 18.5. The number of fused-ring (bicyclic) bond motifs is 1. The summed E-state index contributed by atoms with van der Waals surface area (Å²) in [6, 6.07) is 10.6. The van der Waals surface area contributed by atoms with E-state index in [4.69, 9.17) is 0 Å². The molecule has 2 amide bonds.